The summed E-state index contributed by atoms with van der Waals surface area (Å²) >= 11 is 0. The molecule has 0 aliphatic carbocycles. The van der Waals surface area contributed by atoms with Gasteiger partial charge in [0.1, 0.15) is 5.78 Å². The molecule has 7 heteroatoms. The predicted octanol–water partition coefficient (Wildman–Crippen LogP) is 1.29. The lowest BCUT2D eigenvalue weighted by Crippen LogP contribution is -2.44. The summed E-state index contributed by atoms with van der Waals surface area (Å²) in [4.78, 5) is 11.9. The SMILES string of the molecule is O=C(CNCC(F)(F)F)C1CCOC2(CCOC2)C1. The summed E-state index contributed by atoms with van der Waals surface area (Å²) in [7, 11) is 0. The number of hydrogen-bond donors (Lipinski definition) is 1. The Morgan fingerprint density at radius 2 is 2.16 bits per heavy atom. The van der Waals surface area contributed by atoms with E-state index in [9.17, 15) is 18.0 Å². The minimum Gasteiger partial charge on any atom is -0.378 e. The quantitative estimate of drug-likeness (QED) is 0.843. The summed E-state index contributed by atoms with van der Waals surface area (Å²) in [5.74, 6) is -0.394. The Labute approximate surface area is 109 Å². The lowest BCUT2D eigenvalue weighted by atomic mass is 9.83. The van der Waals surface area contributed by atoms with E-state index in [1.807, 2.05) is 0 Å². The van der Waals surface area contributed by atoms with Crippen molar-refractivity contribution in [1.29, 1.82) is 0 Å². The van der Waals surface area contributed by atoms with Gasteiger partial charge >= 0.3 is 6.18 Å². The molecule has 19 heavy (non-hydrogen) atoms. The topological polar surface area (TPSA) is 47.6 Å². The van der Waals surface area contributed by atoms with Crippen LogP contribution in [-0.4, -0.2) is 50.5 Å². The number of Topliss-reactive ketones (excluding diaryl/α,β-unsaturated/α-hetero) is 1. The fourth-order valence-corrected chi connectivity index (χ4v) is 2.64. The fourth-order valence-electron chi connectivity index (χ4n) is 2.64. The van der Waals surface area contributed by atoms with Gasteiger partial charge < -0.3 is 14.8 Å². The lowest BCUT2D eigenvalue weighted by molar-refractivity contribution is -0.138. The van der Waals surface area contributed by atoms with E-state index in [1.54, 1.807) is 0 Å². The Bertz CT molecular complexity index is 327. The van der Waals surface area contributed by atoms with Crippen LogP contribution in [0.25, 0.3) is 0 Å². The van der Waals surface area contributed by atoms with Crippen LogP contribution in [0.1, 0.15) is 19.3 Å². The molecule has 2 aliphatic heterocycles. The van der Waals surface area contributed by atoms with Gasteiger partial charge in [0.2, 0.25) is 0 Å². The summed E-state index contributed by atoms with van der Waals surface area (Å²) < 4.78 is 46.9. The molecule has 0 radical (unpaired) electrons. The Morgan fingerprint density at radius 1 is 1.37 bits per heavy atom. The van der Waals surface area contributed by atoms with Crippen LogP contribution in [0.2, 0.25) is 0 Å². The minimum atomic E-state index is -4.28. The molecule has 0 bridgehead atoms. The van der Waals surface area contributed by atoms with Gasteiger partial charge in [0.15, 0.2) is 0 Å². The number of ketones is 1. The average molecular weight is 281 g/mol. The molecule has 2 atom stereocenters. The molecule has 2 fully saturated rings. The van der Waals surface area contributed by atoms with Crippen molar-refractivity contribution in [3.63, 3.8) is 0 Å². The number of ether oxygens (including phenoxy) is 2. The van der Waals surface area contributed by atoms with Crippen molar-refractivity contribution in [3.05, 3.63) is 0 Å². The van der Waals surface area contributed by atoms with Gasteiger partial charge in [-0.1, -0.05) is 0 Å². The Morgan fingerprint density at radius 3 is 2.79 bits per heavy atom. The monoisotopic (exact) mass is 281 g/mol. The van der Waals surface area contributed by atoms with Gasteiger partial charge in [-0.25, -0.2) is 0 Å². The Kier molecular flexibility index (Phi) is 4.47. The summed E-state index contributed by atoms with van der Waals surface area (Å²) in [5.41, 5.74) is -0.386. The molecule has 1 N–H and O–H groups in total. The number of rotatable bonds is 4. The molecular weight excluding hydrogens is 263 g/mol. The highest BCUT2D eigenvalue weighted by atomic mass is 19.4. The van der Waals surface area contributed by atoms with Gasteiger partial charge in [0.25, 0.3) is 0 Å². The first-order chi connectivity index (χ1) is 8.90. The first kappa shape index (κ1) is 14.7. The Hall–Kier alpha value is -0.660. The minimum absolute atomic E-state index is 0.168. The zero-order valence-corrected chi connectivity index (χ0v) is 10.6. The molecule has 2 unspecified atom stereocenters. The van der Waals surface area contributed by atoms with Crippen LogP contribution in [0, 0.1) is 5.92 Å². The predicted molar refractivity (Wildman–Crippen MR) is 60.8 cm³/mol. The highest BCUT2D eigenvalue weighted by Crippen LogP contribution is 2.36. The second-order valence-corrected chi connectivity index (χ2v) is 5.21. The van der Waals surface area contributed by atoms with E-state index >= 15 is 0 Å². The molecule has 0 aromatic carbocycles. The third-order valence-electron chi connectivity index (χ3n) is 3.64. The number of halogens is 3. The van der Waals surface area contributed by atoms with E-state index < -0.39 is 12.7 Å². The fraction of sp³-hybridized carbons (Fsp3) is 0.917. The van der Waals surface area contributed by atoms with Crippen molar-refractivity contribution < 1.29 is 27.4 Å². The maximum absolute atomic E-state index is 12.0. The van der Waals surface area contributed by atoms with Gasteiger partial charge in [-0.15, -0.1) is 0 Å². The highest BCUT2D eigenvalue weighted by Gasteiger charge is 2.42. The van der Waals surface area contributed by atoms with Gasteiger partial charge in [-0.05, 0) is 12.8 Å². The normalized spacial score (nSPS) is 31.8. The maximum atomic E-state index is 12.0. The average Bonchev–Trinajstić information content (AvgIpc) is 2.75. The molecule has 0 aromatic heterocycles. The van der Waals surface area contributed by atoms with Crippen molar-refractivity contribution in [2.75, 3.05) is 32.9 Å². The van der Waals surface area contributed by atoms with Gasteiger partial charge in [0, 0.05) is 25.6 Å². The largest absolute Gasteiger partial charge is 0.401 e. The second kappa shape index (κ2) is 5.76. The maximum Gasteiger partial charge on any atom is 0.401 e. The first-order valence-electron chi connectivity index (χ1n) is 6.42. The van der Waals surface area contributed by atoms with Crippen LogP contribution in [0.3, 0.4) is 0 Å². The van der Waals surface area contributed by atoms with Gasteiger partial charge in [-0.2, -0.15) is 13.2 Å². The van der Waals surface area contributed by atoms with Crippen molar-refractivity contribution in [2.24, 2.45) is 5.92 Å². The summed E-state index contributed by atoms with van der Waals surface area (Å²) in [6.07, 6.45) is -2.39. The van der Waals surface area contributed by atoms with Crippen molar-refractivity contribution in [3.8, 4) is 0 Å². The smallest absolute Gasteiger partial charge is 0.378 e. The van der Waals surface area contributed by atoms with Gasteiger partial charge in [-0.3, -0.25) is 4.79 Å². The van der Waals surface area contributed by atoms with Crippen LogP contribution in [0.15, 0.2) is 0 Å². The number of carbonyl (C=O) groups is 1. The Balaban J connectivity index is 1.79. The first-order valence-corrected chi connectivity index (χ1v) is 6.42. The highest BCUT2D eigenvalue weighted by molar-refractivity contribution is 5.83. The van der Waals surface area contributed by atoms with Crippen LogP contribution < -0.4 is 5.32 Å². The number of carbonyl (C=O) groups excluding carboxylic acids is 1. The lowest BCUT2D eigenvalue weighted by Gasteiger charge is -2.36. The second-order valence-electron chi connectivity index (χ2n) is 5.21. The van der Waals surface area contributed by atoms with E-state index in [-0.39, 0.29) is 23.8 Å². The van der Waals surface area contributed by atoms with Crippen molar-refractivity contribution in [1.82, 2.24) is 5.32 Å². The van der Waals surface area contributed by atoms with Gasteiger partial charge in [0.05, 0.1) is 25.3 Å². The van der Waals surface area contributed by atoms with Crippen LogP contribution in [0.5, 0.6) is 0 Å². The number of alkyl halides is 3. The molecule has 2 aliphatic rings. The third kappa shape index (κ3) is 4.15. The molecule has 4 nitrogen and oxygen atoms in total. The molecule has 0 saturated carbocycles. The molecule has 110 valence electrons. The molecule has 0 amide bonds. The van der Waals surface area contributed by atoms with E-state index in [0.29, 0.717) is 32.7 Å². The van der Waals surface area contributed by atoms with E-state index in [2.05, 4.69) is 5.32 Å². The molecule has 1 spiro atoms. The van der Waals surface area contributed by atoms with Crippen LogP contribution >= 0.6 is 0 Å². The molecule has 2 rings (SSSR count). The summed E-state index contributed by atoms with van der Waals surface area (Å²) in [5, 5.41) is 2.15. The summed E-state index contributed by atoms with van der Waals surface area (Å²) in [6.45, 7) is 0.205. The standard InChI is InChI=1S/C12H18F3NO3/c13-12(14,15)7-16-6-10(17)9-1-3-19-11(5-9)2-4-18-8-11/h9,16H,1-8H2. The molecule has 2 heterocycles. The number of hydrogen-bond acceptors (Lipinski definition) is 4. The zero-order valence-electron chi connectivity index (χ0n) is 10.6. The van der Waals surface area contributed by atoms with Crippen molar-refractivity contribution in [2.45, 2.75) is 31.0 Å². The summed E-state index contributed by atoms with van der Waals surface area (Å²) in [6, 6.07) is 0. The molecular formula is C12H18F3NO3. The van der Waals surface area contributed by atoms with E-state index in [0.717, 1.165) is 6.42 Å². The van der Waals surface area contributed by atoms with Crippen molar-refractivity contribution >= 4 is 5.78 Å². The zero-order chi connectivity index (χ0) is 13.9. The van der Waals surface area contributed by atoms with Crippen LogP contribution in [0.4, 0.5) is 13.2 Å². The van der Waals surface area contributed by atoms with E-state index in [4.69, 9.17) is 9.47 Å². The van der Waals surface area contributed by atoms with Crippen LogP contribution in [-0.2, 0) is 14.3 Å². The molecule has 0 aromatic rings. The third-order valence-corrected chi connectivity index (χ3v) is 3.64. The molecule has 2 saturated heterocycles. The van der Waals surface area contributed by atoms with E-state index in [1.165, 1.54) is 0 Å². The number of nitrogens with one attached hydrogen (secondary N) is 1.